The van der Waals surface area contributed by atoms with E-state index < -0.39 is 0 Å². The third kappa shape index (κ3) is 3.00. The highest BCUT2D eigenvalue weighted by Crippen LogP contribution is 2.08. The third-order valence-corrected chi connectivity index (χ3v) is 1.72. The molecule has 0 saturated heterocycles. The van der Waals surface area contributed by atoms with Gasteiger partial charge in [-0.1, -0.05) is 13.8 Å². The smallest absolute Gasteiger partial charge is 0.357 e. The summed E-state index contributed by atoms with van der Waals surface area (Å²) in [5.74, 6) is -0.371. The first-order valence-corrected chi connectivity index (χ1v) is 4.53. The van der Waals surface area contributed by atoms with Crippen LogP contribution in [0.25, 0.3) is 0 Å². The maximum Gasteiger partial charge on any atom is 0.357 e. The molecular weight excluding hydrogens is 174 g/mol. The maximum atomic E-state index is 10.7. The van der Waals surface area contributed by atoms with E-state index in [1.165, 1.54) is 18.6 Å². The Kier molecular flexibility index (Phi) is 5.28. The summed E-state index contributed by atoms with van der Waals surface area (Å²) in [5.41, 5.74) is 0.394. The average Bonchev–Trinajstić information content (AvgIpc) is 2.54. The molecule has 0 aliphatic heterocycles. The number of carbonyl (C=O) groups is 1. The molecule has 0 radical (unpaired) electrons. The number of carbonyl (C=O) groups excluding carboxylic acids is 1. The van der Waals surface area contributed by atoms with Gasteiger partial charge in [-0.05, 0) is 24.5 Å². The van der Waals surface area contributed by atoms with Gasteiger partial charge in [0.05, 0.1) is 7.11 Å². The first kappa shape index (κ1) is 11.1. The van der Waals surface area contributed by atoms with Crippen molar-refractivity contribution in [1.29, 1.82) is 0 Å². The second-order valence-corrected chi connectivity index (χ2v) is 2.82. The van der Waals surface area contributed by atoms with E-state index in [4.69, 9.17) is 0 Å². The van der Waals surface area contributed by atoms with E-state index in [2.05, 4.69) is 9.11 Å². The molecule has 0 aromatic carbocycles. The summed E-state index contributed by atoms with van der Waals surface area (Å²) >= 11 is 1.30. The summed E-state index contributed by atoms with van der Waals surface area (Å²) < 4.78 is 8.31. The fourth-order valence-corrected chi connectivity index (χ4v) is 1.10. The van der Waals surface area contributed by atoms with Crippen LogP contribution in [-0.4, -0.2) is 17.5 Å². The summed E-state index contributed by atoms with van der Waals surface area (Å²) in [6.07, 6.45) is 0. The summed E-state index contributed by atoms with van der Waals surface area (Å²) in [4.78, 5) is 11.8. The zero-order chi connectivity index (χ0) is 9.56. The molecule has 0 amide bonds. The van der Waals surface area contributed by atoms with Crippen LogP contribution in [0.3, 0.4) is 0 Å². The fourth-order valence-electron chi connectivity index (χ4n) is 0.567. The molecule has 0 fully saturated rings. The molecule has 68 valence electrons. The van der Waals surface area contributed by atoms with Crippen LogP contribution in [0.2, 0.25) is 0 Å². The van der Waals surface area contributed by atoms with Gasteiger partial charge in [0.15, 0.2) is 5.69 Å². The number of ether oxygens (including phenoxy) is 1. The van der Waals surface area contributed by atoms with Gasteiger partial charge >= 0.3 is 5.97 Å². The molecule has 4 heteroatoms. The van der Waals surface area contributed by atoms with Gasteiger partial charge in [-0.25, -0.2) is 4.79 Å². The Hall–Kier alpha value is -0.900. The fraction of sp³-hybridized carbons (Fsp3) is 0.500. The molecule has 12 heavy (non-hydrogen) atoms. The summed E-state index contributed by atoms with van der Waals surface area (Å²) in [5, 5.41) is 0. The molecule has 0 spiro atoms. The number of hydrogen-bond acceptors (Lipinski definition) is 4. The SMILES string of the molecule is CC.COC(=O)c1cc(C)sn1. The highest BCUT2D eigenvalue weighted by atomic mass is 32.1. The van der Waals surface area contributed by atoms with E-state index in [-0.39, 0.29) is 5.97 Å². The molecule has 0 N–H and O–H groups in total. The molecule has 0 atom stereocenters. The van der Waals surface area contributed by atoms with Gasteiger partial charge in [-0.2, -0.15) is 4.37 Å². The lowest BCUT2D eigenvalue weighted by Gasteiger charge is -1.89. The average molecular weight is 187 g/mol. The summed E-state index contributed by atoms with van der Waals surface area (Å²) in [7, 11) is 1.34. The second kappa shape index (κ2) is 5.71. The largest absolute Gasteiger partial charge is 0.464 e. The molecule has 0 aliphatic rings. The van der Waals surface area contributed by atoms with Crippen molar-refractivity contribution in [2.75, 3.05) is 7.11 Å². The standard InChI is InChI=1S/C6H7NO2S.C2H6/c1-4-3-5(7-10-4)6(8)9-2;1-2/h3H,1-2H3;1-2H3. The van der Waals surface area contributed by atoms with E-state index in [0.29, 0.717) is 5.69 Å². The molecule has 1 aromatic rings. The van der Waals surface area contributed by atoms with Crippen LogP contribution in [0.15, 0.2) is 6.07 Å². The quantitative estimate of drug-likeness (QED) is 0.633. The van der Waals surface area contributed by atoms with Crippen molar-refractivity contribution < 1.29 is 9.53 Å². The number of aromatic nitrogens is 1. The Bertz CT molecular complexity index is 245. The summed E-state index contributed by atoms with van der Waals surface area (Å²) in [6, 6.07) is 1.70. The lowest BCUT2D eigenvalue weighted by Crippen LogP contribution is -2.00. The first-order chi connectivity index (χ1) is 5.74. The molecule has 1 aromatic heterocycles. The zero-order valence-electron chi connectivity index (χ0n) is 7.75. The predicted molar refractivity (Wildman–Crippen MR) is 49.5 cm³/mol. The highest BCUT2D eigenvalue weighted by Gasteiger charge is 2.07. The van der Waals surface area contributed by atoms with Crippen molar-refractivity contribution in [2.24, 2.45) is 0 Å². The van der Waals surface area contributed by atoms with Crippen LogP contribution in [-0.2, 0) is 4.74 Å². The molecule has 1 heterocycles. The van der Waals surface area contributed by atoms with E-state index in [1.54, 1.807) is 6.07 Å². The number of rotatable bonds is 1. The molecule has 1 rings (SSSR count). The molecule has 0 saturated carbocycles. The normalized spacial score (nSPS) is 8.33. The maximum absolute atomic E-state index is 10.7. The van der Waals surface area contributed by atoms with E-state index in [9.17, 15) is 4.79 Å². The van der Waals surface area contributed by atoms with Crippen LogP contribution < -0.4 is 0 Å². The minimum atomic E-state index is -0.371. The number of hydrogen-bond donors (Lipinski definition) is 0. The zero-order valence-corrected chi connectivity index (χ0v) is 8.57. The van der Waals surface area contributed by atoms with Gasteiger partial charge < -0.3 is 4.74 Å². The topological polar surface area (TPSA) is 39.2 Å². The van der Waals surface area contributed by atoms with Crippen LogP contribution in [0.4, 0.5) is 0 Å². The van der Waals surface area contributed by atoms with Crippen molar-refractivity contribution in [3.63, 3.8) is 0 Å². The molecule has 3 nitrogen and oxygen atoms in total. The van der Waals surface area contributed by atoms with Gasteiger partial charge in [0.25, 0.3) is 0 Å². The van der Waals surface area contributed by atoms with E-state index >= 15 is 0 Å². The van der Waals surface area contributed by atoms with E-state index in [1.807, 2.05) is 20.8 Å². The first-order valence-electron chi connectivity index (χ1n) is 3.75. The summed E-state index contributed by atoms with van der Waals surface area (Å²) in [6.45, 7) is 5.89. The molecular formula is C8H13NO2S. The highest BCUT2D eigenvalue weighted by molar-refractivity contribution is 7.05. The second-order valence-electron chi connectivity index (χ2n) is 1.81. The predicted octanol–water partition coefficient (Wildman–Crippen LogP) is 2.26. The van der Waals surface area contributed by atoms with Crippen LogP contribution in [0.5, 0.6) is 0 Å². The van der Waals surface area contributed by atoms with E-state index in [0.717, 1.165) is 4.88 Å². The molecule has 0 bridgehead atoms. The van der Waals surface area contributed by atoms with Crippen molar-refractivity contribution in [3.05, 3.63) is 16.6 Å². The van der Waals surface area contributed by atoms with Crippen molar-refractivity contribution >= 4 is 17.5 Å². The number of nitrogens with zero attached hydrogens (tertiary/aromatic N) is 1. The van der Waals surface area contributed by atoms with Crippen molar-refractivity contribution in [1.82, 2.24) is 4.37 Å². The van der Waals surface area contributed by atoms with Gasteiger partial charge in [-0.3, -0.25) is 0 Å². The molecule has 0 aliphatic carbocycles. The van der Waals surface area contributed by atoms with Gasteiger partial charge in [-0.15, -0.1) is 0 Å². The minimum absolute atomic E-state index is 0.371. The van der Waals surface area contributed by atoms with Crippen molar-refractivity contribution in [3.8, 4) is 0 Å². The lowest BCUT2D eigenvalue weighted by atomic mass is 10.4. The van der Waals surface area contributed by atoms with Crippen LogP contribution in [0.1, 0.15) is 29.2 Å². The van der Waals surface area contributed by atoms with Crippen LogP contribution >= 0.6 is 11.5 Å². The monoisotopic (exact) mass is 187 g/mol. The Labute approximate surface area is 76.5 Å². The van der Waals surface area contributed by atoms with Crippen molar-refractivity contribution in [2.45, 2.75) is 20.8 Å². The van der Waals surface area contributed by atoms with Crippen LogP contribution in [0, 0.1) is 6.92 Å². The minimum Gasteiger partial charge on any atom is -0.464 e. The third-order valence-electron chi connectivity index (χ3n) is 1.02. The van der Waals surface area contributed by atoms with Gasteiger partial charge in [0, 0.05) is 4.88 Å². The number of esters is 1. The van der Waals surface area contributed by atoms with Gasteiger partial charge in [0.2, 0.25) is 0 Å². The Morgan fingerprint density at radius 3 is 2.50 bits per heavy atom. The Morgan fingerprint density at radius 1 is 1.58 bits per heavy atom. The number of methoxy groups -OCH3 is 1. The Balaban J connectivity index is 0.000000561. The molecule has 0 unspecified atom stereocenters. The number of aryl methyl sites for hydroxylation is 1. The Morgan fingerprint density at radius 2 is 2.17 bits per heavy atom. The van der Waals surface area contributed by atoms with Gasteiger partial charge in [0.1, 0.15) is 0 Å². The lowest BCUT2D eigenvalue weighted by molar-refractivity contribution is 0.0595.